The van der Waals surface area contributed by atoms with Crippen molar-refractivity contribution in [2.45, 2.75) is 322 Å². The Balaban J connectivity index is 4.09. The number of quaternary nitrogens is 1. The third-order valence-corrected chi connectivity index (χ3v) is 16.1. The number of hydrogen-bond acceptors (Lipinski definition) is 8. The van der Waals surface area contributed by atoms with Gasteiger partial charge in [-0.25, -0.2) is 0 Å². The number of esters is 2. The van der Waals surface area contributed by atoms with Crippen LogP contribution in [0.5, 0.6) is 0 Å². The molecule has 0 aromatic heterocycles. The van der Waals surface area contributed by atoms with E-state index in [2.05, 4.69) is 160 Å². The van der Waals surface area contributed by atoms with E-state index in [1.54, 1.807) is 0 Å². The number of carbonyl (C=O) groups excluding carboxylic acids is 3. The van der Waals surface area contributed by atoms with Crippen LogP contribution in [-0.2, 0) is 33.3 Å². The topological polar surface area (TPSA) is 111 Å². The van der Waals surface area contributed by atoms with Gasteiger partial charge in [0.15, 0.2) is 12.4 Å². The molecule has 0 bridgehead atoms. The van der Waals surface area contributed by atoms with Crippen molar-refractivity contribution >= 4 is 17.9 Å². The second-order valence-electron chi connectivity index (χ2n) is 26.2. The zero-order valence-electron chi connectivity index (χ0n) is 60.6. The normalized spacial score (nSPS) is 13.5. The van der Waals surface area contributed by atoms with Gasteiger partial charge in [-0.1, -0.05) is 327 Å². The van der Waals surface area contributed by atoms with Gasteiger partial charge in [0.1, 0.15) is 13.2 Å². The maximum Gasteiger partial charge on any atom is 0.306 e. The Morgan fingerprint density at radius 1 is 0.323 bits per heavy atom. The Labute approximate surface area is 572 Å². The average molecular weight is 1290 g/mol. The van der Waals surface area contributed by atoms with Crippen molar-refractivity contribution in [3.8, 4) is 0 Å². The molecule has 0 fully saturated rings. The van der Waals surface area contributed by atoms with Crippen molar-refractivity contribution in [3.05, 3.63) is 146 Å². The smallest absolute Gasteiger partial charge is 0.306 e. The standard InChI is InChI=1S/C84H141NO8/c1-6-8-10-12-14-16-18-20-22-24-26-28-30-32-34-36-38-40-41-43-44-46-48-50-52-54-56-58-60-62-64-66-68-70-72-74-81(86)91-78-80(79-92-84(83(88)89)90-77-76-85(3,4)5)93-82(87)75-73-71-69-67-65-63-61-59-57-55-53-51-49-47-45-42-39-37-35-33-31-29-27-25-23-21-19-17-15-13-11-9-7-2/h8-11,14-17,20-23,26-29,32-35,39,42,47,49,80,84H,6-7,12-13,18-19,24-25,30-31,36-38,40-41,43-46,48,50-79H2,1-5H3/b10-8-,11-9-,16-14-,17-15-,22-20-,23-21-,28-26-,29-27-,34-32-,35-33-,42-39-,49-47-. The zero-order chi connectivity index (χ0) is 67.5. The highest BCUT2D eigenvalue weighted by Crippen LogP contribution is 2.18. The highest BCUT2D eigenvalue weighted by Gasteiger charge is 2.22. The molecule has 0 saturated carbocycles. The number of hydrogen-bond donors (Lipinski definition) is 0. The Kier molecular flexibility index (Phi) is 69.2. The van der Waals surface area contributed by atoms with Gasteiger partial charge in [-0.15, -0.1) is 0 Å². The van der Waals surface area contributed by atoms with Crippen LogP contribution in [-0.4, -0.2) is 82.3 Å². The highest BCUT2D eigenvalue weighted by atomic mass is 16.7. The predicted octanol–water partition coefficient (Wildman–Crippen LogP) is 22.9. The third-order valence-electron chi connectivity index (χ3n) is 16.1. The predicted molar refractivity (Wildman–Crippen MR) is 398 cm³/mol. The molecule has 0 rings (SSSR count). The van der Waals surface area contributed by atoms with Crippen LogP contribution in [0.25, 0.3) is 0 Å². The van der Waals surface area contributed by atoms with E-state index >= 15 is 0 Å². The first-order valence-corrected chi connectivity index (χ1v) is 38.0. The first-order valence-electron chi connectivity index (χ1n) is 38.0. The lowest BCUT2D eigenvalue weighted by molar-refractivity contribution is -0.870. The van der Waals surface area contributed by atoms with Crippen LogP contribution in [0.3, 0.4) is 0 Å². The summed E-state index contributed by atoms with van der Waals surface area (Å²) in [5, 5.41) is 11.9. The molecule has 93 heavy (non-hydrogen) atoms. The van der Waals surface area contributed by atoms with Gasteiger partial charge in [0.25, 0.3) is 0 Å². The van der Waals surface area contributed by atoms with Crippen molar-refractivity contribution in [2.24, 2.45) is 0 Å². The number of allylic oxidation sites excluding steroid dienone is 24. The Bertz CT molecular complexity index is 2040. The molecule has 0 aliphatic heterocycles. The number of rotatable bonds is 69. The summed E-state index contributed by atoms with van der Waals surface area (Å²) in [7, 11) is 5.93. The molecule has 2 atom stereocenters. The zero-order valence-corrected chi connectivity index (χ0v) is 60.6. The molecule has 530 valence electrons. The summed E-state index contributed by atoms with van der Waals surface area (Å²) in [5.41, 5.74) is 0. The molecule has 0 aromatic rings. The SMILES string of the molecule is CC/C=C\C/C=C\C/C=C\C/C=C\C/C=C\C/C=C\C/C=C\CCCCCCCCCCCCCC(=O)OC(COC(=O)CCCCCCCCCCCCCCCCCCCCC/C=C\C/C=C\C/C=C\C/C=C\C/C=C\CC)COC(OCC[N+](C)(C)C)C(=O)[O-]. The van der Waals surface area contributed by atoms with E-state index in [1.165, 1.54) is 154 Å². The number of carboxylic acids is 1. The number of likely N-dealkylation sites (N-methyl/N-ethyl adjacent to an activating group) is 1. The van der Waals surface area contributed by atoms with Crippen molar-refractivity contribution < 1.29 is 42.9 Å². The van der Waals surface area contributed by atoms with E-state index in [4.69, 9.17) is 18.9 Å². The molecule has 0 heterocycles. The van der Waals surface area contributed by atoms with Gasteiger partial charge in [0.05, 0.1) is 40.3 Å². The van der Waals surface area contributed by atoms with Gasteiger partial charge >= 0.3 is 11.9 Å². The molecule has 0 radical (unpaired) electrons. The molecule has 0 amide bonds. The number of aliphatic carboxylic acids is 1. The summed E-state index contributed by atoms with van der Waals surface area (Å²) in [6.45, 7) is 4.53. The van der Waals surface area contributed by atoms with E-state index in [-0.39, 0.29) is 38.6 Å². The number of carbonyl (C=O) groups is 3. The van der Waals surface area contributed by atoms with Crippen LogP contribution < -0.4 is 5.11 Å². The summed E-state index contributed by atoms with van der Waals surface area (Å²) in [4.78, 5) is 37.6. The van der Waals surface area contributed by atoms with Crippen LogP contribution in [0.1, 0.15) is 309 Å². The maximum absolute atomic E-state index is 13.0. The molecule has 0 saturated heterocycles. The van der Waals surface area contributed by atoms with Gasteiger partial charge in [-0.05, 0) is 116 Å². The van der Waals surface area contributed by atoms with Crippen LogP contribution in [0, 0.1) is 0 Å². The van der Waals surface area contributed by atoms with Gasteiger partial charge in [-0.2, -0.15) is 0 Å². The van der Waals surface area contributed by atoms with E-state index in [0.717, 1.165) is 122 Å². The molecule has 0 aliphatic carbocycles. The van der Waals surface area contributed by atoms with Crippen molar-refractivity contribution in [1.29, 1.82) is 0 Å². The summed E-state index contributed by atoms with van der Waals surface area (Å²) in [6, 6.07) is 0. The Morgan fingerprint density at radius 3 is 0.860 bits per heavy atom. The number of unbranched alkanes of at least 4 members (excludes halogenated alkanes) is 30. The fourth-order valence-corrected chi connectivity index (χ4v) is 10.4. The fourth-order valence-electron chi connectivity index (χ4n) is 10.4. The van der Waals surface area contributed by atoms with Gasteiger partial charge in [0, 0.05) is 12.8 Å². The molecule has 0 N–H and O–H groups in total. The fraction of sp³-hybridized carbons (Fsp3) is 0.679. The minimum atomic E-state index is -1.63. The van der Waals surface area contributed by atoms with E-state index in [0.29, 0.717) is 17.4 Å². The molecule has 9 nitrogen and oxygen atoms in total. The summed E-state index contributed by atoms with van der Waals surface area (Å²) >= 11 is 0. The van der Waals surface area contributed by atoms with Crippen LogP contribution in [0.2, 0.25) is 0 Å². The molecular formula is C84H141NO8. The first kappa shape index (κ1) is 88.2. The third kappa shape index (κ3) is 74.4. The molecule has 9 heteroatoms. The van der Waals surface area contributed by atoms with Gasteiger partial charge < -0.3 is 33.3 Å². The maximum atomic E-state index is 13.0. The number of nitrogens with zero attached hydrogens (tertiary/aromatic N) is 1. The van der Waals surface area contributed by atoms with Crippen molar-refractivity contribution in [1.82, 2.24) is 0 Å². The largest absolute Gasteiger partial charge is 0.545 e. The Morgan fingerprint density at radius 2 is 0.581 bits per heavy atom. The van der Waals surface area contributed by atoms with Gasteiger partial charge in [-0.3, -0.25) is 9.59 Å². The van der Waals surface area contributed by atoms with Crippen molar-refractivity contribution in [2.75, 3.05) is 47.5 Å². The molecule has 0 spiro atoms. The minimum absolute atomic E-state index is 0.142. The van der Waals surface area contributed by atoms with Crippen LogP contribution in [0.4, 0.5) is 0 Å². The van der Waals surface area contributed by atoms with Gasteiger partial charge in [0.2, 0.25) is 0 Å². The molecule has 0 aromatic carbocycles. The quantitative estimate of drug-likeness (QED) is 0.0195. The monoisotopic (exact) mass is 1290 g/mol. The van der Waals surface area contributed by atoms with E-state index in [1.807, 2.05) is 21.1 Å². The number of carboxylic acid groups (broad SMARTS) is 1. The van der Waals surface area contributed by atoms with Crippen LogP contribution >= 0.6 is 0 Å². The van der Waals surface area contributed by atoms with E-state index < -0.39 is 24.3 Å². The van der Waals surface area contributed by atoms with Crippen LogP contribution in [0.15, 0.2) is 146 Å². The summed E-state index contributed by atoms with van der Waals surface area (Å²) in [5.74, 6) is -2.28. The molecule has 0 aliphatic rings. The summed E-state index contributed by atoms with van der Waals surface area (Å²) < 4.78 is 22.8. The number of ether oxygens (including phenoxy) is 4. The Hall–Kier alpha value is -4.83. The second kappa shape index (κ2) is 73.0. The minimum Gasteiger partial charge on any atom is -0.545 e. The lowest BCUT2D eigenvalue weighted by atomic mass is 10.0. The lowest BCUT2D eigenvalue weighted by Crippen LogP contribution is -2.44. The summed E-state index contributed by atoms with van der Waals surface area (Å²) in [6.07, 6.45) is 104. The first-order chi connectivity index (χ1) is 45.6. The second-order valence-corrected chi connectivity index (χ2v) is 26.2. The molecule has 2 unspecified atom stereocenters. The van der Waals surface area contributed by atoms with Crippen molar-refractivity contribution in [3.63, 3.8) is 0 Å². The molecular weight excluding hydrogens is 1150 g/mol. The average Bonchev–Trinajstić information content (AvgIpc) is 3.74. The van der Waals surface area contributed by atoms with E-state index in [9.17, 15) is 19.5 Å². The lowest BCUT2D eigenvalue weighted by Gasteiger charge is -2.26. The highest BCUT2D eigenvalue weighted by molar-refractivity contribution is 5.70.